The normalized spacial score (nSPS) is 20.9. The Morgan fingerprint density at radius 3 is 0.698 bits per heavy atom. The summed E-state index contributed by atoms with van der Waals surface area (Å²) in [4.78, 5) is 13.5. The first-order chi connectivity index (χ1) is 42.1. The first-order valence-electron chi connectivity index (χ1n) is 33.8. The van der Waals surface area contributed by atoms with Crippen molar-refractivity contribution in [1.82, 2.24) is 0 Å². The van der Waals surface area contributed by atoms with Crippen molar-refractivity contribution in [3.05, 3.63) is 144 Å². The van der Waals surface area contributed by atoms with Crippen LogP contribution >= 0.6 is 0 Å². The van der Waals surface area contributed by atoms with Crippen LogP contribution in [0.3, 0.4) is 0 Å². The van der Waals surface area contributed by atoms with Crippen molar-refractivity contribution in [2.45, 2.75) is 275 Å². The first-order valence-corrected chi connectivity index (χ1v) is 33.8. The lowest BCUT2D eigenvalue weighted by molar-refractivity contribution is -0.158. The van der Waals surface area contributed by atoms with Crippen LogP contribution in [0.4, 0.5) is 0 Å². The summed E-state index contributed by atoms with van der Waals surface area (Å²) in [6.45, 7) is 21.7. The van der Waals surface area contributed by atoms with E-state index in [4.69, 9.17) is 37.9 Å². The zero-order valence-corrected chi connectivity index (χ0v) is 52.6. The van der Waals surface area contributed by atoms with Gasteiger partial charge in [0.2, 0.25) is 18.9 Å². The van der Waals surface area contributed by atoms with Crippen LogP contribution in [-0.2, 0) is 4.79 Å². The zero-order chi connectivity index (χ0) is 60.2. The molecule has 0 fully saturated rings. The molecular formula is C76H102O10. The zero-order valence-electron chi connectivity index (χ0n) is 52.6. The van der Waals surface area contributed by atoms with E-state index < -0.39 is 31.1 Å². The van der Waals surface area contributed by atoms with Crippen LogP contribution in [-0.4, -0.2) is 36.2 Å². The second-order valence-corrected chi connectivity index (χ2v) is 25.2. The quantitative estimate of drug-likeness (QED) is 0.0346. The summed E-state index contributed by atoms with van der Waals surface area (Å²) in [5, 5.41) is 11.0. The van der Waals surface area contributed by atoms with Crippen LogP contribution in [0.2, 0.25) is 0 Å². The maximum Gasteiger partial charge on any atom is 0.387 e. The molecule has 4 aromatic carbocycles. The van der Waals surface area contributed by atoms with E-state index in [1.54, 1.807) is 0 Å². The number of unbranched alkanes of at least 4 members (excludes halogenated alkanes) is 24. The van der Waals surface area contributed by atoms with Crippen LogP contribution in [0, 0.1) is 0 Å². The van der Waals surface area contributed by atoms with Crippen LogP contribution < -0.4 is 37.9 Å². The molecule has 4 unspecified atom stereocenters. The SMILES string of the molecule is C=CCCCCCCCCC1c2cc3c4cc2OC(C)Oc2cc5c(cc21)C(CCCCCCCCC=C)c1cc2c(cc1OC(C)O5)OC(C(=O)O)Oc1cc(c(cc1C2CCCCCCCCC=C)C3CCCCCCCCC=C)OC(C)O4. The highest BCUT2D eigenvalue weighted by molar-refractivity contribution is 5.73. The summed E-state index contributed by atoms with van der Waals surface area (Å²) in [6, 6.07) is 17.7. The molecule has 4 aromatic rings. The van der Waals surface area contributed by atoms with Gasteiger partial charge in [-0.3, -0.25) is 0 Å². The van der Waals surface area contributed by atoms with Gasteiger partial charge in [0.1, 0.15) is 46.0 Å². The Kier molecular flexibility index (Phi) is 24.3. The second kappa shape index (κ2) is 32.6. The van der Waals surface area contributed by atoms with E-state index in [1.807, 2.05) is 57.2 Å². The highest BCUT2D eigenvalue weighted by Crippen LogP contribution is 2.56. The topological polar surface area (TPSA) is 111 Å². The summed E-state index contributed by atoms with van der Waals surface area (Å²) >= 11 is 0. The van der Waals surface area contributed by atoms with Gasteiger partial charge in [-0.15, -0.1) is 26.3 Å². The molecule has 0 amide bonds. The van der Waals surface area contributed by atoms with Gasteiger partial charge in [-0.25, -0.2) is 4.79 Å². The van der Waals surface area contributed by atoms with Crippen molar-refractivity contribution in [3.8, 4) is 46.0 Å². The molecule has 4 heterocycles. The predicted molar refractivity (Wildman–Crippen MR) is 347 cm³/mol. The molecule has 0 spiro atoms. The fourth-order valence-corrected chi connectivity index (χ4v) is 14.2. The lowest BCUT2D eigenvalue weighted by Gasteiger charge is -2.37. The van der Waals surface area contributed by atoms with Crippen molar-refractivity contribution in [2.75, 3.05) is 0 Å². The van der Waals surface area contributed by atoms with E-state index in [-0.39, 0.29) is 23.7 Å². The molecule has 10 nitrogen and oxygen atoms in total. The summed E-state index contributed by atoms with van der Waals surface area (Å²) in [5.74, 6) is 3.25. The molecule has 466 valence electrons. The third-order valence-electron chi connectivity index (χ3n) is 18.6. The predicted octanol–water partition coefficient (Wildman–Crippen LogP) is 21.3. The fraction of sp³-hybridized carbons (Fsp3) is 0.566. The molecule has 1 N–H and O–H groups in total. The molecule has 0 radical (unpaired) electrons. The molecule has 0 aromatic heterocycles. The Labute approximate surface area is 516 Å². The maximum atomic E-state index is 13.5. The van der Waals surface area contributed by atoms with E-state index in [0.29, 0.717) is 23.0 Å². The number of carbonyl (C=O) groups is 1. The number of carboxylic acid groups (broad SMARTS) is 1. The van der Waals surface area contributed by atoms with Crippen molar-refractivity contribution in [1.29, 1.82) is 0 Å². The lowest BCUT2D eigenvalue weighted by atomic mass is 9.76. The number of carboxylic acids is 1. The Hall–Kier alpha value is -6.29. The van der Waals surface area contributed by atoms with Gasteiger partial charge >= 0.3 is 12.3 Å². The minimum Gasteiger partial charge on any atom is -0.476 e. The third-order valence-corrected chi connectivity index (χ3v) is 18.6. The number of benzene rings is 4. The average molecular weight is 1180 g/mol. The average Bonchev–Trinajstić information content (AvgIpc) is 1.68. The Balaban J connectivity index is 1.28. The number of hydrogen-bond donors (Lipinski definition) is 1. The summed E-state index contributed by atoms with van der Waals surface area (Å²) < 4.78 is 55.3. The van der Waals surface area contributed by atoms with Gasteiger partial charge in [0, 0.05) is 113 Å². The first kappa shape index (κ1) is 64.2. The Morgan fingerprint density at radius 1 is 0.314 bits per heavy atom. The van der Waals surface area contributed by atoms with Crippen LogP contribution in [0.5, 0.6) is 46.0 Å². The Morgan fingerprint density at radius 2 is 0.500 bits per heavy atom. The van der Waals surface area contributed by atoms with Gasteiger partial charge < -0.3 is 43.0 Å². The van der Waals surface area contributed by atoms with E-state index in [0.717, 1.165) is 196 Å². The largest absolute Gasteiger partial charge is 0.476 e. The standard InChI is InChI=1S/C76H102O10/c1-8-12-16-20-24-28-32-36-40-55-59-44-61-56(41-37-33-29-25-21-17-13-9-2)63-46-65-58(43-39-35-31-27-23-19-15-11-4)66-47-64-57(42-38-34-30-26-22-18-14-10-3)62-45-60(55)68-49-70(62)82-54(7)84-72(64)51-74(66)86-76(75(77)78)85-73(65)50-71(63)83-53(6)81-69(61)48-67(59)79-52(5)80-68/h8-11,44-58,76H,1-4,12-43H2,5-7H3,(H,77,78). The van der Waals surface area contributed by atoms with Gasteiger partial charge in [0.05, 0.1) is 0 Å². The van der Waals surface area contributed by atoms with Crippen molar-refractivity contribution in [2.24, 2.45) is 0 Å². The number of rotatable bonds is 37. The third kappa shape index (κ3) is 16.7. The Bertz CT molecular complexity index is 2720. The summed E-state index contributed by atoms with van der Waals surface area (Å²) in [6.07, 6.45) is 39.0. The van der Waals surface area contributed by atoms with E-state index in [9.17, 15) is 9.90 Å². The van der Waals surface area contributed by atoms with Crippen LogP contribution in [0.15, 0.2) is 99.2 Å². The number of allylic oxidation sites excluding steroid dienone is 4. The van der Waals surface area contributed by atoms with Gasteiger partial charge in [-0.05, 0) is 101 Å². The number of ether oxygens (including phenoxy) is 8. The maximum absolute atomic E-state index is 13.5. The molecule has 4 aliphatic heterocycles. The number of hydrogen-bond acceptors (Lipinski definition) is 9. The highest BCUT2D eigenvalue weighted by atomic mass is 16.7. The summed E-state index contributed by atoms with van der Waals surface area (Å²) in [5.41, 5.74) is 8.45. The molecular weight excluding hydrogens is 1070 g/mol. The van der Waals surface area contributed by atoms with E-state index in [1.165, 1.54) is 77.0 Å². The molecule has 0 saturated carbocycles. The molecule has 0 saturated heterocycles. The fourth-order valence-electron chi connectivity index (χ4n) is 14.2. The minimum atomic E-state index is -1.66. The molecule has 9 rings (SSSR count). The van der Waals surface area contributed by atoms with Gasteiger partial charge in [0.15, 0.2) is 0 Å². The molecule has 5 aliphatic rings. The molecule has 10 heteroatoms. The lowest BCUT2D eigenvalue weighted by Crippen LogP contribution is -2.35. The van der Waals surface area contributed by atoms with Crippen molar-refractivity contribution < 1.29 is 47.8 Å². The second-order valence-electron chi connectivity index (χ2n) is 25.2. The molecule has 4 atom stereocenters. The van der Waals surface area contributed by atoms with Gasteiger partial charge in [-0.2, -0.15) is 0 Å². The van der Waals surface area contributed by atoms with Crippen LogP contribution in [0.25, 0.3) is 0 Å². The van der Waals surface area contributed by atoms with Crippen molar-refractivity contribution in [3.63, 3.8) is 0 Å². The molecule has 1 aliphatic carbocycles. The minimum absolute atomic E-state index is 0.0936. The summed E-state index contributed by atoms with van der Waals surface area (Å²) in [7, 11) is 0. The van der Waals surface area contributed by atoms with Gasteiger partial charge in [0.25, 0.3) is 0 Å². The number of aliphatic carboxylic acids is 1. The highest BCUT2D eigenvalue weighted by Gasteiger charge is 2.40. The van der Waals surface area contributed by atoms with Gasteiger partial charge in [-0.1, -0.05) is 153 Å². The smallest absolute Gasteiger partial charge is 0.387 e. The van der Waals surface area contributed by atoms with E-state index >= 15 is 0 Å². The monoisotopic (exact) mass is 1170 g/mol. The van der Waals surface area contributed by atoms with Crippen molar-refractivity contribution >= 4 is 5.97 Å². The van der Waals surface area contributed by atoms with E-state index in [2.05, 4.69) is 62.7 Å². The van der Waals surface area contributed by atoms with Crippen LogP contribution in [0.1, 0.15) is 294 Å². The molecule has 86 heavy (non-hydrogen) atoms. The molecule has 8 bridgehead atoms.